The maximum atomic E-state index is 10.9. The predicted molar refractivity (Wildman–Crippen MR) is 53.7 cm³/mol. The summed E-state index contributed by atoms with van der Waals surface area (Å²) in [6, 6.07) is 6.92. The largest absolute Gasteiger partial charge is 0.508 e. The van der Waals surface area contributed by atoms with Crippen LogP contribution in [0.15, 0.2) is 24.3 Å². The fourth-order valence-corrected chi connectivity index (χ4v) is 1.10. The van der Waals surface area contributed by atoms with Gasteiger partial charge >= 0.3 is 0 Å². The van der Waals surface area contributed by atoms with Crippen molar-refractivity contribution in [1.82, 2.24) is 5.32 Å². The van der Waals surface area contributed by atoms with Crippen molar-refractivity contribution in [2.24, 2.45) is 0 Å². The van der Waals surface area contributed by atoms with Crippen LogP contribution in [0.5, 0.6) is 5.75 Å². The Morgan fingerprint density at radius 3 is 2.77 bits per heavy atom. The zero-order chi connectivity index (χ0) is 9.68. The Kier molecular flexibility index (Phi) is 3.76. The van der Waals surface area contributed by atoms with Crippen LogP contribution in [0.1, 0.15) is 5.56 Å². The van der Waals surface area contributed by atoms with E-state index in [2.05, 4.69) is 21.2 Å². The van der Waals surface area contributed by atoms with Crippen LogP contribution in [0, 0.1) is 0 Å². The van der Waals surface area contributed by atoms with E-state index < -0.39 is 0 Å². The average Bonchev–Trinajstić information content (AvgIpc) is 2.16. The Hall–Kier alpha value is -1.03. The molecular weight excluding hydrogens is 234 g/mol. The first-order valence-corrected chi connectivity index (χ1v) is 4.95. The molecule has 0 aromatic heterocycles. The molecule has 0 aliphatic rings. The third-order valence-electron chi connectivity index (χ3n) is 1.59. The molecule has 0 heterocycles. The minimum atomic E-state index is -0.0942. The zero-order valence-corrected chi connectivity index (χ0v) is 8.54. The number of amides is 1. The number of benzene rings is 1. The molecule has 1 aromatic carbocycles. The van der Waals surface area contributed by atoms with Crippen molar-refractivity contribution in [3.8, 4) is 5.75 Å². The van der Waals surface area contributed by atoms with Gasteiger partial charge < -0.3 is 10.4 Å². The van der Waals surface area contributed by atoms with Crippen LogP contribution in [0.4, 0.5) is 0 Å². The third-order valence-corrected chi connectivity index (χ3v) is 2.10. The molecule has 0 aliphatic heterocycles. The van der Waals surface area contributed by atoms with Gasteiger partial charge in [-0.25, -0.2) is 0 Å². The monoisotopic (exact) mass is 243 g/mol. The Morgan fingerprint density at radius 2 is 2.15 bits per heavy atom. The van der Waals surface area contributed by atoms with Gasteiger partial charge in [0.25, 0.3) is 0 Å². The Morgan fingerprint density at radius 1 is 1.46 bits per heavy atom. The molecular formula is C9H10BrNO2. The molecule has 0 aliphatic carbocycles. The first kappa shape index (κ1) is 10.1. The highest BCUT2D eigenvalue weighted by atomic mass is 79.9. The van der Waals surface area contributed by atoms with E-state index in [1.165, 1.54) is 0 Å². The number of hydrogen-bond acceptors (Lipinski definition) is 2. The summed E-state index contributed by atoms with van der Waals surface area (Å²) in [4.78, 5) is 10.9. The van der Waals surface area contributed by atoms with Gasteiger partial charge in [0.1, 0.15) is 5.75 Å². The Labute approximate surface area is 84.9 Å². The number of nitrogens with one attached hydrogen (secondary N) is 1. The number of para-hydroxylation sites is 1. The molecule has 0 saturated carbocycles. The van der Waals surface area contributed by atoms with Crippen LogP contribution in [-0.4, -0.2) is 16.3 Å². The minimum absolute atomic E-state index is 0.0942. The standard InChI is InChI=1S/C9H10BrNO2/c10-5-9(13)11-6-7-3-1-2-4-8(7)12/h1-4,12H,5-6H2,(H,11,13). The molecule has 0 bridgehead atoms. The maximum absolute atomic E-state index is 10.9. The second-order valence-corrected chi connectivity index (χ2v) is 3.10. The predicted octanol–water partition coefficient (Wildman–Crippen LogP) is 1.40. The fourth-order valence-electron chi connectivity index (χ4n) is 0.901. The highest BCUT2D eigenvalue weighted by Gasteiger charge is 2.01. The van der Waals surface area contributed by atoms with Crippen molar-refractivity contribution in [2.45, 2.75) is 6.54 Å². The first-order valence-electron chi connectivity index (χ1n) is 3.83. The van der Waals surface area contributed by atoms with Crippen molar-refractivity contribution in [3.63, 3.8) is 0 Å². The van der Waals surface area contributed by atoms with Crippen LogP contribution in [0.3, 0.4) is 0 Å². The van der Waals surface area contributed by atoms with Gasteiger partial charge in [-0.1, -0.05) is 34.1 Å². The molecule has 2 N–H and O–H groups in total. The van der Waals surface area contributed by atoms with Crippen LogP contribution >= 0.6 is 15.9 Å². The van der Waals surface area contributed by atoms with Crippen molar-refractivity contribution < 1.29 is 9.90 Å². The van der Waals surface area contributed by atoms with Gasteiger partial charge in [0, 0.05) is 12.1 Å². The molecule has 3 nitrogen and oxygen atoms in total. The topological polar surface area (TPSA) is 49.3 Å². The molecule has 0 radical (unpaired) electrons. The second kappa shape index (κ2) is 4.87. The summed E-state index contributed by atoms with van der Waals surface area (Å²) in [6.45, 7) is 0.358. The molecule has 4 heteroatoms. The maximum Gasteiger partial charge on any atom is 0.230 e. The summed E-state index contributed by atoms with van der Waals surface area (Å²) in [5.74, 6) is 0.112. The SMILES string of the molecule is O=C(CBr)NCc1ccccc1O. The highest BCUT2D eigenvalue weighted by Crippen LogP contribution is 2.14. The summed E-state index contributed by atoms with van der Waals surface area (Å²) >= 11 is 3.03. The van der Waals surface area contributed by atoms with Crippen molar-refractivity contribution in [2.75, 3.05) is 5.33 Å². The van der Waals surface area contributed by atoms with Crippen molar-refractivity contribution >= 4 is 21.8 Å². The van der Waals surface area contributed by atoms with Gasteiger partial charge in [-0.05, 0) is 6.07 Å². The molecule has 0 saturated heterocycles. The summed E-state index contributed by atoms with van der Waals surface area (Å²) in [5, 5.41) is 12.3. The van der Waals surface area contributed by atoms with Gasteiger partial charge in [0.15, 0.2) is 0 Å². The molecule has 0 spiro atoms. The van der Waals surface area contributed by atoms with Crippen molar-refractivity contribution in [1.29, 1.82) is 0 Å². The third kappa shape index (κ3) is 3.06. The highest BCUT2D eigenvalue weighted by molar-refractivity contribution is 9.09. The normalized spacial score (nSPS) is 9.62. The first-order chi connectivity index (χ1) is 6.24. The van der Waals surface area contributed by atoms with Crippen LogP contribution < -0.4 is 5.32 Å². The minimum Gasteiger partial charge on any atom is -0.508 e. The van der Waals surface area contributed by atoms with Crippen LogP contribution in [-0.2, 0) is 11.3 Å². The number of phenolic OH excluding ortho intramolecular Hbond substituents is 1. The number of aromatic hydroxyl groups is 1. The number of carbonyl (C=O) groups is 1. The molecule has 1 amide bonds. The van der Waals surface area contributed by atoms with E-state index in [9.17, 15) is 9.90 Å². The summed E-state index contributed by atoms with van der Waals surface area (Å²) < 4.78 is 0. The number of hydrogen-bond donors (Lipinski definition) is 2. The summed E-state index contributed by atoms with van der Waals surface area (Å²) in [5.41, 5.74) is 0.719. The number of carbonyl (C=O) groups excluding carboxylic acids is 1. The molecule has 0 atom stereocenters. The quantitative estimate of drug-likeness (QED) is 0.789. The molecule has 0 unspecified atom stereocenters. The number of alkyl halides is 1. The van der Waals surface area contributed by atoms with E-state index in [0.29, 0.717) is 6.54 Å². The lowest BCUT2D eigenvalue weighted by molar-refractivity contribution is -0.118. The van der Waals surface area contributed by atoms with E-state index in [1.807, 2.05) is 6.07 Å². The van der Waals surface area contributed by atoms with Gasteiger partial charge in [-0.2, -0.15) is 0 Å². The van der Waals surface area contributed by atoms with E-state index in [4.69, 9.17) is 0 Å². The van der Waals surface area contributed by atoms with E-state index >= 15 is 0 Å². The number of phenols is 1. The summed E-state index contributed by atoms with van der Waals surface area (Å²) in [7, 11) is 0. The van der Waals surface area contributed by atoms with Gasteiger partial charge in [-0.3, -0.25) is 4.79 Å². The lowest BCUT2D eigenvalue weighted by atomic mass is 10.2. The Balaban J connectivity index is 2.54. The lowest BCUT2D eigenvalue weighted by Crippen LogP contribution is -2.23. The van der Waals surface area contributed by atoms with Gasteiger partial charge in [0.05, 0.1) is 5.33 Å². The number of rotatable bonds is 3. The van der Waals surface area contributed by atoms with Crippen molar-refractivity contribution in [3.05, 3.63) is 29.8 Å². The molecule has 13 heavy (non-hydrogen) atoms. The number of halogens is 1. The molecule has 1 aromatic rings. The van der Waals surface area contributed by atoms with E-state index in [-0.39, 0.29) is 17.0 Å². The molecule has 70 valence electrons. The lowest BCUT2D eigenvalue weighted by Gasteiger charge is -2.04. The van der Waals surface area contributed by atoms with Gasteiger partial charge in [-0.15, -0.1) is 0 Å². The Bertz CT molecular complexity index is 301. The smallest absolute Gasteiger partial charge is 0.230 e. The molecule has 0 fully saturated rings. The van der Waals surface area contributed by atoms with E-state index in [1.54, 1.807) is 18.2 Å². The van der Waals surface area contributed by atoms with Gasteiger partial charge in [0.2, 0.25) is 5.91 Å². The molecule has 1 rings (SSSR count). The van der Waals surface area contributed by atoms with Crippen LogP contribution in [0.2, 0.25) is 0 Å². The fraction of sp³-hybridized carbons (Fsp3) is 0.222. The zero-order valence-electron chi connectivity index (χ0n) is 6.96. The summed E-state index contributed by atoms with van der Waals surface area (Å²) in [6.07, 6.45) is 0. The average molecular weight is 244 g/mol. The van der Waals surface area contributed by atoms with Crippen LogP contribution in [0.25, 0.3) is 0 Å². The van der Waals surface area contributed by atoms with E-state index in [0.717, 1.165) is 5.56 Å². The second-order valence-electron chi connectivity index (χ2n) is 2.54.